The van der Waals surface area contributed by atoms with Crippen molar-refractivity contribution in [3.8, 4) is 0 Å². The van der Waals surface area contributed by atoms with Gasteiger partial charge < -0.3 is 5.11 Å². The van der Waals surface area contributed by atoms with Gasteiger partial charge in [0.25, 0.3) is 6.43 Å². The van der Waals surface area contributed by atoms with Gasteiger partial charge in [-0.3, -0.25) is 4.79 Å². The molecule has 0 unspecified atom stereocenters. The summed E-state index contributed by atoms with van der Waals surface area (Å²) in [7, 11) is 0. The summed E-state index contributed by atoms with van der Waals surface area (Å²) in [6.07, 6.45) is -1.69. The SMILES string of the molecule is CCc1ccc(/C(O)=C/C(=O)C(F)F)cc1. The number of alkyl halides is 2. The van der Waals surface area contributed by atoms with Gasteiger partial charge in [-0.05, 0) is 12.0 Å². The second-order valence-corrected chi connectivity index (χ2v) is 3.28. The molecule has 0 aromatic heterocycles. The van der Waals surface area contributed by atoms with Crippen molar-refractivity contribution in [3.63, 3.8) is 0 Å². The number of aryl methyl sites for hydroxylation is 1. The highest BCUT2D eigenvalue weighted by Gasteiger charge is 2.13. The molecular weight excluding hydrogens is 214 g/mol. The van der Waals surface area contributed by atoms with Crippen molar-refractivity contribution in [1.29, 1.82) is 0 Å². The molecule has 86 valence electrons. The topological polar surface area (TPSA) is 37.3 Å². The van der Waals surface area contributed by atoms with E-state index in [9.17, 15) is 18.7 Å². The van der Waals surface area contributed by atoms with Gasteiger partial charge in [0.15, 0.2) is 0 Å². The Bertz CT molecular complexity index is 394. The van der Waals surface area contributed by atoms with Crippen molar-refractivity contribution in [2.45, 2.75) is 19.8 Å². The van der Waals surface area contributed by atoms with Gasteiger partial charge >= 0.3 is 0 Å². The van der Waals surface area contributed by atoms with Gasteiger partial charge in [0, 0.05) is 11.6 Å². The Labute approximate surface area is 92.2 Å². The van der Waals surface area contributed by atoms with Crippen LogP contribution in [0.3, 0.4) is 0 Å². The molecule has 16 heavy (non-hydrogen) atoms. The highest BCUT2D eigenvalue weighted by atomic mass is 19.3. The van der Waals surface area contributed by atoms with E-state index in [0.717, 1.165) is 12.0 Å². The van der Waals surface area contributed by atoms with Crippen LogP contribution in [-0.2, 0) is 11.2 Å². The fourth-order valence-electron chi connectivity index (χ4n) is 1.19. The molecule has 4 heteroatoms. The van der Waals surface area contributed by atoms with Crippen molar-refractivity contribution in [1.82, 2.24) is 0 Å². The molecule has 1 aromatic carbocycles. The summed E-state index contributed by atoms with van der Waals surface area (Å²) in [6, 6.07) is 6.71. The predicted octanol–water partition coefficient (Wildman–Crippen LogP) is 2.98. The van der Waals surface area contributed by atoms with E-state index >= 15 is 0 Å². The minimum atomic E-state index is -3.09. The van der Waals surface area contributed by atoms with Crippen molar-refractivity contribution < 1.29 is 18.7 Å². The maximum atomic E-state index is 11.9. The van der Waals surface area contributed by atoms with Crippen LogP contribution in [0.4, 0.5) is 8.78 Å². The van der Waals surface area contributed by atoms with E-state index in [4.69, 9.17) is 0 Å². The highest BCUT2D eigenvalue weighted by molar-refractivity contribution is 5.97. The minimum Gasteiger partial charge on any atom is -0.507 e. The van der Waals surface area contributed by atoms with Crippen LogP contribution in [0.15, 0.2) is 30.3 Å². The Morgan fingerprint density at radius 2 is 1.94 bits per heavy atom. The molecule has 0 atom stereocenters. The summed E-state index contributed by atoms with van der Waals surface area (Å²) >= 11 is 0. The third-order valence-electron chi connectivity index (χ3n) is 2.15. The zero-order valence-corrected chi connectivity index (χ0v) is 8.78. The van der Waals surface area contributed by atoms with Gasteiger partial charge in [0.05, 0.1) is 0 Å². The number of aliphatic hydroxyl groups excluding tert-OH is 1. The standard InChI is InChI=1S/C12H12F2O2/c1-2-8-3-5-9(6-4-8)10(15)7-11(16)12(13)14/h3-7,12,15H,2H2,1H3/b10-7-. The largest absolute Gasteiger partial charge is 0.507 e. The van der Waals surface area contributed by atoms with Gasteiger partial charge in [-0.1, -0.05) is 31.2 Å². The molecule has 0 amide bonds. The number of allylic oxidation sites excluding steroid dienone is 1. The van der Waals surface area contributed by atoms with E-state index in [0.29, 0.717) is 11.6 Å². The maximum absolute atomic E-state index is 11.9. The van der Waals surface area contributed by atoms with E-state index < -0.39 is 18.0 Å². The van der Waals surface area contributed by atoms with Crippen LogP contribution in [0.25, 0.3) is 5.76 Å². The molecule has 0 aliphatic carbocycles. The molecule has 1 rings (SSSR count). The summed E-state index contributed by atoms with van der Waals surface area (Å²) in [5.41, 5.74) is 1.42. The van der Waals surface area contributed by atoms with E-state index in [1.54, 1.807) is 24.3 Å². The van der Waals surface area contributed by atoms with Gasteiger partial charge in [0.1, 0.15) is 5.76 Å². The monoisotopic (exact) mass is 226 g/mol. The van der Waals surface area contributed by atoms with E-state index in [-0.39, 0.29) is 0 Å². The van der Waals surface area contributed by atoms with Crippen LogP contribution in [0.5, 0.6) is 0 Å². The Balaban J connectivity index is 2.87. The average Bonchev–Trinajstić information content (AvgIpc) is 2.28. The number of carbonyl (C=O) groups is 1. The minimum absolute atomic E-state index is 0.353. The zero-order chi connectivity index (χ0) is 12.1. The lowest BCUT2D eigenvalue weighted by Gasteiger charge is -2.01. The number of aliphatic hydroxyl groups is 1. The first-order valence-corrected chi connectivity index (χ1v) is 4.86. The Kier molecular flexibility index (Phi) is 4.17. The Hall–Kier alpha value is -1.71. The number of benzene rings is 1. The van der Waals surface area contributed by atoms with Crippen molar-refractivity contribution in [3.05, 3.63) is 41.5 Å². The fourth-order valence-corrected chi connectivity index (χ4v) is 1.19. The van der Waals surface area contributed by atoms with Gasteiger partial charge in [-0.15, -0.1) is 0 Å². The lowest BCUT2D eigenvalue weighted by molar-refractivity contribution is -0.124. The van der Waals surface area contributed by atoms with Crippen molar-refractivity contribution in [2.24, 2.45) is 0 Å². The summed E-state index contributed by atoms with van der Waals surface area (Å²) in [6.45, 7) is 1.98. The summed E-state index contributed by atoms with van der Waals surface area (Å²) in [4.78, 5) is 10.7. The zero-order valence-electron chi connectivity index (χ0n) is 8.78. The lowest BCUT2D eigenvalue weighted by atomic mass is 10.1. The number of rotatable bonds is 4. The summed E-state index contributed by atoms with van der Waals surface area (Å²) in [5.74, 6) is -1.83. The molecule has 0 aliphatic rings. The average molecular weight is 226 g/mol. The molecule has 0 fully saturated rings. The van der Waals surface area contributed by atoms with Crippen LogP contribution in [0.2, 0.25) is 0 Å². The first-order chi connectivity index (χ1) is 7.54. The molecule has 0 bridgehead atoms. The fraction of sp³-hybridized carbons (Fsp3) is 0.250. The first kappa shape index (κ1) is 12.4. The molecule has 1 N–H and O–H groups in total. The van der Waals surface area contributed by atoms with Crippen molar-refractivity contribution >= 4 is 11.5 Å². The number of hydrogen-bond acceptors (Lipinski definition) is 2. The number of carbonyl (C=O) groups excluding carboxylic acids is 1. The van der Waals surface area contributed by atoms with Gasteiger partial charge in [-0.2, -0.15) is 0 Å². The third kappa shape index (κ3) is 3.15. The van der Waals surface area contributed by atoms with Crippen LogP contribution < -0.4 is 0 Å². The Morgan fingerprint density at radius 3 is 2.38 bits per heavy atom. The molecule has 0 heterocycles. The number of ketones is 1. The van der Waals surface area contributed by atoms with E-state index in [1.165, 1.54) is 0 Å². The van der Waals surface area contributed by atoms with E-state index in [2.05, 4.69) is 0 Å². The van der Waals surface area contributed by atoms with Crippen LogP contribution in [0, 0.1) is 0 Å². The molecule has 0 spiro atoms. The number of halogens is 2. The summed E-state index contributed by atoms with van der Waals surface area (Å²) < 4.78 is 23.8. The summed E-state index contributed by atoms with van der Waals surface area (Å²) in [5, 5.41) is 9.41. The molecule has 1 aromatic rings. The van der Waals surface area contributed by atoms with E-state index in [1.807, 2.05) is 6.92 Å². The third-order valence-corrected chi connectivity index (χ3v) is 2.15. The highest BCUT2D eigenvalue weighted by Crippen LogP contribution is 2.13. The van der Waals surface area contributed by atoms with Crippen LogP contribution >= 0.6 is 0 Å². The normalized spacial score (nSPS) is 11.9. The van der Waals surface area contributed by atoms with Gasteiger partial charge in [-0.25, -0.2) is 8.78 Å². The number of hydrogen-bond donors (Lipinski definition) is 1. The van der Waals surface area contributed by atoms with Crippen molar-refractivity contribution in [2.75, 3.05) is 0 Å². The maximum Gasteiger partial charge on any atom is 0.300 e. The smallest absolute Gasteiger partial charge is 0.300 e. The molecular formula is C12H12F2O2. The first-order valence-electron chi connectivity index (χ1n) is 4.86. The predicted molar refractivity (Wildman–Crippen MR) is 57.4 cm³/mol. The molecule has 0 radical (unpaired) electrons. The lowest BCUT2D eigenvalue weighted by Crippen LogP contribution is -2.06. The Morgan fingerprint density at radius 1 is 1.38 bits per heavy atom. The van der Waals surface area contributed by atoms with Crippen LogP contribution in [-0.4, -0.2) is 17.3 Å². The van der Waals surface area contributed by atoms with Gasteiger partial charge in [0.2, 0.25) is 5.78 Å². The molecule has 0 aliphatic heterocycles. The quantitative estimate of drug-likeness (QED) is 0.633. The second kappa shape index (κ2) is 5.39. The molecule has 0 saturated carbocycles. The molecule has 2 nitrogen and oxygen atoms in total. The second-order valence-electron chi connectivity index (χ2n) is 3.28. The molecule has 0 saturated heterocycles. The van der Waals surface area contributed by atoms with Crippen LogP contribution in [0.1, 0.15) is 18.1 Å².